The molecule has 1 aliphatic carbocycles. The van der Waals surface area contributed by atoms with Crippen molar-refractivity contribution in [3.8, 4) is 0 Å². The molecule has 2 fully saturated rings. The van der Waals surface area contributed by atoms with Crippen LogP contribution in [-0.2, 0) is 14.3 Å². The number of hydrogen-bond donors (Lipinski definition) is 1. The van der Waals surface area contributed by atoms with Crippen molar-refractivity contribution in [3.05, 3.63) is 53.1 Å². The predicted molar refractivity (Wildman–Crippen MR) is 108 cm³/mol. The maximum Gasteiger partial charge on any atom is 0.331 e. The number of benzene rings is 1. The number of ether oxygens (including phenoxy) is 2. The van der Waals surface area contributed by atoms with Crippen molar-refractivity contribution in [3.63, 3.8) is 0 Å². The molecule has 2 bridgehead atoms. The summed E-state index contributed by atoms with van der Waals surface area (Å²) in [5, 5.41) is 10.9. The van der Waals surface area contributed by atoms with Crippen LogP contribution in [0.3, 0.4) is 0 Å². The first kappa shape index (κ1) is 19.4. The highest BCUT2D eigenvalue weighted by molar-refractivity contribution is 5.87. The van der Waals surface area contributed by atoms with Gasteiger partial charge in [0.05, 0.1) is 11.7 Å². The molecule has 4 heteroatoms. The topological polar surface area (TPSA) is 55.8 Å². The second kappa shape index (κ2) is 6.85. The van der Waals surface area contributed by atoms with E-state index in [0.717, 1.165) is 18.4 Å². The van der Waals surface area contributed by atoms with E-state index in [2.05, 4.69) is 20.8 Å². The zero-order chi connectivity index (χ0) is 20.1. The SMILES string of the molecule is CC1=C2[C@@H](CC1)[C@]1(C)O[C@@](C(C)C)(C[C@H]1O)[C@H]2OC(=O)C=Cc1ccccc1. The van der Waals surface area contributed by atoms with Crippen LogP contribution in [0.1, 0.15) is 52.5 Å². The van der Waals surface area contributed by atoms with Crippen LogP contribution in [0.2, 0.25) is 0 Å². The Hall–Kier alpha value is -1.91. The van der Waals surface area contributed by atoms with Gasteiger partial charge in [0, 0.05) is 18.4 Å². The van der Waals surface area contributed by atoms with E-state index in [1.54, 1.807) is 6.08 Å². The quantitative estimate of drug-likeness (QED) is 0.480. The number of aliphatic hydroxyl groups excluding tert-OH is 1. The molecule has 1 aromatic carbocycles. The number of hydrogen-bond acceptors (Lipinski definition) is 4. The van der Waals surface area contributed by atoms with E-state index in [0.29, 0.717) is 6.42 Å². The largest absolute Gasteiger partial charge is 0.452 e. The predicted octanol–water partition coefficient (Wildman–Crippen LogP) is 4.29. The smallest absolute Gasteiger partial charge is 0.331 e. The Morgan fingerprint density at radius 2 is 2.04 bits per heavy atom. The Balaban J connectivity index is 1.67. The minimum Gasteiger partial charge on any atom is -0.452 e. The molecule has 0 amide bonds. The van der Waals surface area contributed by atoms with Crippen LogP contribution >= 0.6 is 0 Å². The van der Waals surface area contributed by atoms with Crippen molar-refractivity contribution in [1.82, 2.24) is 0 Å². The maximum absolute atomic E-state index is 12.7. The normalized spacial score (nSPS) is 37.0. The molecule has 150 valence electrons. The van der Waals surface area contributed by atoms with Gasteiger partial charge in [0.2, 0.25) is 0 Å². The van der Waals surface area contributed by atoms with Crippen LogP contribution in [0, 0.1) is 11.8 Å². The fourth-order valence-electron chi connectivity index (χ4n) is 5.41. The first-order chi connectivity index (χ1) is 13.3. The summed E-state index contributed by atoms with van der Waals surface area (Å²) in [6.45, 7) is 8.33. The van der Waals surface area contributed by atoms with E-state index < -0.39 is 23.4 Å². The fourth-order valence-corrected chi connectivity index (χ4v) is 5.41. The average molecular weight is 383 g/mol. The second-order valence-electron chi connectivity index (χ2n) is 9.00. The van der Waals surface area contributed by atoms with Gasteiger partial charge in [0.1, 0.15) is 5.60 Å². The third-order valence-electron chi connectivity index (χ3n) is 7.10. The maximum atomic E-state index is 12.7. The van der Waals surface area contributed by atoms with Gasteiger partial charge in [-0.2, -0.15) is 0 Å². The molecular formula is C24H30O4. The zero-order valence-corrected chi connectivity index (χ0v) is 17.1. The van der Waals surface area contributed by atoms with Gasteiger partial charge in [-0.25, -0.2) is 4.79 Å². The van der Waals surface area contributed by atoms with Crippen LogP contribution < -0.4 is 0 Å². The van der Waals surface area contributed by atoms with Gasteiger partial charge in [-0.1, -0.05) is 49.8 Å². The van der Waals surface area contributed by atoms with Gasteiger partial charge in [0.25, 0.3) is 0 Å². The molecule has 28 heavy (non-hydrogen) atoms. The lowest BCUT2D eigenvalue weighted by molar-refractivity contribution is -0.220. The molecule has 1 aromatic rings. The van der Waals surface area contributed by atoms with Crippen LogP contribution in [0.5, 0.6) is 0 Å². The van der Waals surface area contributed by atoms with Gasteiger partial charge in [-0.05, 0) is 49.8 Å². The molecule has 4 nitrogen and oxygen atoms in total. The molecule has 4 rings (SSSR count). The summed E-state index contributed by atoms with van der Waals surface area (Å²) in [4.78, 5) is 12.7. The highest BCUT2D eigenvalue weighted by Gasteiger charge is 2.68. The number of rotatable bonds is 4. The van der Waals surface area contributed by atoms with Crippen molar-refractivity contribution in [2.45, 2.75) is 70.4 Å². The summed E-state index contributed by atoms with van der Waals surface area (Å²) < 4.78 is 12.7. The monoisotopic (exact) mass is 382 g/mol. The lowest BCUT2D eigenvalue weighted by atomic mass is 9.74. The number of carbonyl (C=O) groups is 1. The molecule has 0 saturated carbocycles. The van der Waals surface area contributed by atoms with E-state index in [1.807, 2.05) is 37.3 Å². The average Bonchev–Trinajstić information content (AvgIpc) is 3.16. The summed E-state index contributed by atoms with van der Waals surface area (Å²) in [6, 6.07) is 9.71. The minimum absolute atomic E-state index is 0.104. The van der Waals surface area contributed by atoms with Crippen LogP contribution in [0.15, 0.2) is 47.6 Å². The van der Waals surface area contributed by atoms with E-state index in [4.69, 9.17) is 9.47 Å². The van der Waals surface area contributed by atoms with Gasteiger partial charge in [0.15, 0.2) is 6.10 Å². The van der Waals surface area contributed by atoms with Crippen molar-refractivity contribution in [2.75, 3.05) is 0 Å². The molecule has 1 N–H and O–H groups in total. The van der Waals surface area contributed by atoms with Gasteiger partial charge >= 0.3 is 5.97 Å². The molecule has 0 unspecified atom stereocenters. The summed E-state index contributed by atoms with van der Waals surface area (Å²) in [5.41, 5.74) is 2.14. The highest BCUT2D eigenvalue weighted by Crippen LogP contribution is 2.60. The van der Waals surface area contributed by atoms with Crippen LogP contribution in [-0.4, -0.2) is 34.5 Å². The lowest BCUT2D eigenvalue weighted by Gasteiger charge is -2.50. The lowest BCUT2D eigenvalue weighted by Crippen LogP contribution is -2.58. The molecule has 2 heterocycles. The number of fused-ring (bicyclic) bond motifs is 4. The minimum atomic E-state index is -0.679. The Bertz CT molecular complexity index is 824. The second-order valence-corrected chi connectivity index (χ2v) is 9.00. The third kappa shape index (κ3) is 2.85. The summed E-state index contributed by atoms with van der Waals surface area (Å²) in [7, 11) is 0. The summed E-state index contributed by atoms with van der Waals surface area (Å²) in [5.74, 6) is -0.150. The van der Waals surface area contributed by atoms with Crippen molar-refractivity contribution >= 4 is 12.0 Å². The highest BCUT2D eigenvalue weighted by atomic mass is 16.6. The fraction of sp³-hybridized carbons (Fsp3) is 0.542. The molecular weight excluding hydrogens is 352 g/mol. The Morgan fingerprint density at radius 1 is 1.32 bits per heavy atom. The first-order valence-corrected chi connectivity index (χ1v) is 10.3. The van der Waals surface area contributed by atoms with Gasteiger partial charge in [-0.15, -0.1) is 0 Å². The van der Waals surface area contributed by atoms with Crippen LogP contribution in [0.4, 0.5) is 0 Å². The molecule has 3 aliphatic rings. The summed E-state index contributed by atoms with van der Waals surface area (Å²) in [6.07, 6.45) is 4.67. The number of aliphatic hydroxyl groups is 1. The van der Waals surface area contributed by atoms with Gasteiger partial charge < -0.3 is 14.6 Å². The first-order valence-electron chi connectivity index (χ1n) is 10.3. The zero-order valence-electron chi connectivity index (χ0n) is 17.1. The number of carbonyl (C=O) groups excluding carboxylic acids is 1. The molecule has 0 spiro atoms. The summed E-state index contributed by atoms with van der Waals surface area (Å²) >= 11 is 0. The number of esters is 1. The Morgan fingerprint density at radius 3 is 2.71 bits per heavy atom. The van der Waals surface area contributed by atoms with Gasteiger partial charge in [-0.3, -0.25) is 0 Å². The van der Waals surface area contributed by atoms with E-state index in [1.165, 1.54) is 17.2 Å². The van der Waals surface area contributed by atoms with E-state index in [-0.39, 0.29) is 17.8 Å². The standard InChI is InChI=1S/C24H30O4/c1-15(2)24-14-19(25)23(4,28-24)18-12-10-16(3)21(18)22(24)27-20(26)13-11-17-8-6-5-7-9-17/h5-9,11,13,15,18-19,22,25H,10,12,14H2,1-4H3/t18-,19-,22+,23+,24-/m1/s1. The number of allylic oxidation sites excluding steroid dienone is 1. The molecule has 2 aliphatic heterocycles. The Labute approximate surface area is 167 Å². The molecule has 5 atom stereocenters. The van der Waals surface area contributed by atoms with Crippen LogP contribution in [0.25, 0.3) is 6.08 Å². The molecule has 0 aromatic heterocycles. The van der Waals surface area contributed by atoms with Crippen molar-refractivity contribution in [2.24, 2.45) is 11.8 Å². The Kier molecular flexibility index (Phi) is 4.75. The molecule has 2 saturated heterocycles. The van der Waals surface area contributed by atoms with Crippen molar-refractivity contribution in [1.29, 1.82) is 0 Å². The van der Waals surface area contributed by atoms with Crippen molar-refractivity contribution < 1.29 is 19.4 Å². The molecule has 0 radical (unpaired) electrons. The van der Waals surface area contributed by atoms with E-state index in [9.17, 15) is 9.90 Å². The van der Waals surface area contributed by atoms with E-state index >= 15 is 0 Å². The third-order valence-corrected chi connectivity index (χ3v) is 7.10.